The zero-order valence-corrected chi connectivity index (χ0v) is 14.3. The Morgan fingerprint density at radius 2 is 1.84 bits per heavy atom. The number of benzene rings is 2. The third-order valence-corrected chi connectivity index (χ3v) is 3.52. The number of nitrogens with one attached hydrogen (secondary N) is 2. The van der Waals surface area contributed by atoms with Crippen molar-refractivity contribution < 1.29 is 19.1 Å². The molecule has 0 aromatic heterocycles. The molecular formula is C18H17ClN2O4. The summed E-state index contributed by atoms with van der Waals surface area (Å²) in [7, 11) is 1.47. The Balaban J connectivity index is 2.04. The van der Waals surface area contributed by atoms with E-state index >= 15 is 0 Å². The average Bonchev–Trinajstić information content (AvgIpc) is 2.64. The minimum absolute atomic E-state index is 0.259. The summed E-state index contributed by atoms with van der Waals surface area (Å²) < 4.78 is 10.6. The molecule has 2 amide bonds. The topological polar surface area (TPSA) is 76.7 Å². The Morgan fingerprint density at radius 1 is 1.12 bits per heavy atom. The lowest BCUT2D eigenvalue weighted by atomic mass is 10.2. The van der Waals surface area contributed by atoms with Crippen molar-refractivity contribution in [2.24, 2.45) is 0 Å². The van der Waals surface area contributed by atoms with Crippen molar-refractivity contribution in [3.05, 3.63) is 71.3 Å². The molecule has 2 aromatic rings. The van der Waals surface area contributed by atoms with Crippen LogP contribution in [0.5, 0.6) is 11.5 Å². The first-order valence-electron chi connectivity index (χ1n) is 7.33. The lowest BCUT2D eigenvalue weighted by molar-refractivity contribution is 0.0846. The van der Waals surface area contributed by atoms with E-state index in [0.717, 1.165) is 0 Å². The molecule has 0 atom stereocenters. The van der Waals surface area contributed by atoms with Crippen LogP contribution in [0.25, 0.3) is 0 Å². The van der Waals surface area contributed by atoms with Crippen molar-refractivity contribution in [2.45, 2.75) is 0 Å². The van der Waals surface area contributed by atoms with E-state index in [-0.39, 0.29) is 5.56 Å². The number of hydrazine groups is 1. The van der Waals surface area contributed by atoms with Crippen LogP contribution in [0.2, 0.25) is 5.02 Å². The molecule has 2 N–H and O–H groups in total. The van der Waals surface area contributed by atoms with Crippen molar-refractivity contribution in [1.82, 2.24) is 10.9 Å². The lowest BCUT2D eigenvalue weighted by Crippen LogP contribution is -2.41. The third-order valence-electron chi connectivity index (χ3n) is 3.19. The monoisotopic (exact) mass is 360 g/mol. The molecule has 0 fully saturated rings. The van der Waals surface area contributed by atoms with Gasteiger partial charge in [-0.15, -0.1) is 0 Å². The first kappa shape index (κ1) is 18.4. The number of methoxy groups -OCH3 is 1. The molecule has 0 saturated heterocycles. The Morgan fingerprint density at radius 3 is 2.52 bits per heavy atom. The van der Waals surface area contributed by atoms with Crippen LogP contribution in [0.1, 0.15) is 20.7 Å². The van der Waals surface area contributed by atoms with Crippen LogP contribution >= 0.6 is 11.6 Å². The molecule has 0 unspecified atom stereocenters. The number of hydrogen-bond acceptors (Lipinski definition) is 4. The van der Waals surface area contributed by atoms with E-state index in [0.29, 0.717) is 28.7 Å². The van der Waals surface area contributed by atoms with Crippen LogP contribution in [0.15, 0.2) is 55.1 Å². The van der Waals surface area contributed by atoms with Crippen LogP contribution in [-0.2, 0) is 0 Å². The molecule has 7 heteroatoms. The minimum atomic E-state index is -0.517. The molecule has 0 aliphatic rings. The van der Waals surface area contributed by atoms with Crippen LogP contribution in [0.4, 0.5) is 0 Å². The van der Waals surface area contributed by atoms with Crippen LogP contribution in [-0.4, -0.2) is 25.5 Å². The first-order chi connectivity index (χ1) is 12.1. The Hall–Kier alpha value is -2.99. The second-order valence-corrected chi connectivity index (χ2v) is 5.26. The second kappa shape index (κ2) is 8.75. The fourth-order valence-electron chi connectivity index (χ4n) is 1.98. The highest BCUT2D eigenvalue weighted by Gasteiger charge is 2.14. The maximum absolute atomic E-state index is 12.2. The molecule has 130 valence electrons. The van der Waals surface area contributed by atoms with Gasteiger partial charge in [0.1, 0.15) is 6.61 Å². The number of hydrogen-bond donors (Lipinski definition) is 2. The van der Waals surface area contributed by atoms with E-state index in [9.17, 15) is 9.59 Å². The second-order valence-electron chi connectivity index (χ2n) is 4.85. The molecule has 2 rings (SSSR count). The number of carbonyl (C=O) groups is 2. The molecule has 0 aliphatic carbocycles. The Kier molecular flexibility index (Phi) is 6.42. The van der Waals surface area contributed by atoms with E-state index in [1.165, 1.54) is 13.2 Å². The molecule has 0 radical (unpaired) electrons. The van der Waals surface area contributed by atoms with Gasteiger partial charge < -0.3 is 9.47 Å². The summed E-state index contributed by atoms with van der Waals surface area (Å²) in [5.41, 5.74) is 5.20. The summed E-state index contributed by atoms with van der Waals surface area (Å²) in [6, 6.07) is 11.2. The molecule has 0 bridgehead atoms. The van der Waals surface area contributed by atoms with Crippen LogP contribution in [0.3, 0.4) is 0 Å². The molecular weight excluding hydrogens is 344 g/mol. The maximum atomic E-state index is 12.2. The fraction of sp³-hybridized carbons (Fsp3) is 0.111. The quantitative estimate of drug-likeness (QED) is 0.613. The van der Waals surface area contributed by atoms with Crippen LogP contribution in [0, 0.1) is 0 Å². The van der Waals surface area contributed by atoms with Gasteiger partial charge in [0, 0.05) is 5.56 Å². The summed E-state index contributed by atoms with van der Waals surface area (Å²) in [5, 5.41) is 0.291. The predicted octanol–water partition coefficient (Wildman–Crippen LogP) is 2.99. The fourth-order valence-corrected chi connectivity index (χ4v) is 2.20. The first-order valence-corrected chi connectivity index (χ1v) is 7.71. The maximum Gasteiger partial charge on any atom is 0.271 e. The van der Waals surface area contributed by atoms with Crippen molar-refractivity contribution in [2.75, 3.05) is 13.7 Å². The summed E-state index contributed by atoms with van der Waals surface area (Å²) >= 11 is 5.94. The zero-order valence-electron chi connectivity index (χ0n) is 13.5. The van der Waals surface area contributed by atoms with E-state index in [1.54, 1.807) is 42.5 Å². The number of ether oxygens (including phenoxy) is 2. The summed E-state index contributed by atoms with van der Waals surface area (Å²) in [6.07, 6.45) is 1.60. The van der Waals surface area contributed by atoms with Gasteiger partial charge in [0.2, 0.25) is 0 Å². The van der Waals surface area contributed by atoms with E-state index < -0.39 is 11.8 Å². The average molecular weight is 361 g/mol. The summed E-state index contributed by atoms with van der Waals surface area (Å²) in [5.74, 6) is -0.142. The van der Waals surface area contributed by atoms with Gasteiger partial charge >= 0.3 is 0 Å². The largest absolute Gasteiger partial charge is 0.493 e. The minimum Gasteiger partial charge on any atom is -0.493 e. The van der Waals surface area contributed by atoms with Crippen molar-refractivity contribution in [3.63, 3.8) is 0 Å². The molecule has 6 nitrogen and oxygen atoms in total. The molecule has 25 heavy (non-hydrogen) atoms. The highest BCUT2D eigenvalue weighted by Crippen LogP contribution is 2.28. The van der Waals surface area contributed by atoms with Gasteiger partial charge in [0.15, 0.2) is 11.5 Å². The van der Waals surface area contributed by atoms with Gasteiger partial charge in [-0.05, 0) is 30.3 Å². The van der Waals surface area contributed by atoms with Crippen molar-refractivity contribution in [3.8, 4) is 11.5 Å². The highest BCUT2D eigenvalue weighted by atomic mass is 35.5. The van der Waals surface area contributed by atoms with E-state index in [2.05, 4.69) is 17.4 Å². The Labute approximate surface area is 150 Å². The highest BCUT2D eigenvalue weighted by molar-refractivity contribution is 6.33. The third kappa shape index (κ3) is 4.74. The smallest absolute Gasteiger partial charge is 0.271 e. The zero-order chi connectivity index (χ0) is 18.2. The van der Waals surface area contributed by atoms with Gasteiger partial charge in [-0.1, -0.05) is 36.4 Å². The van der Waals surface area contributed by atoms with Crippen LogP contribution < -0.4 is 20.3 Å². The standard InChI is InChI=1S/C18H17ClN2O4/c1-3-10-25-15-9-8-12(11-16(15)24-2)17(22)20-21-18(23)13-6-4-5-7-14(13)19/h3-9,11H,1,10H2,2H3,(H,20,22)(H,21,23). The molecule has 0 spiro atoms. The number of amides is 2. The molecule has 2 aromatic carbocycles. The van der Waals surface area contributed by atoms with Crippen molar-refractivity contribution >= 4 is 23.4 Å². The Bertz CT molecular complexity index is 792. The molecule has 0 heterocycles. The van der Waals surface area contributed by atoms with Gasteiger partial charge in [0.25, 0.3) is 11.8 Å². The number of halogens is 1. The van der Waals surface area contributed by atoms with E-state index in [4.69, 9.17) is 21.1 Å². The van der Waals surface area contributed by atoms with E-state index in [1.807, 2.05) is 0 Å². The predicted molar refractivity (Wildman–Crippen MR) is 95.1 cm³/mol. The van der Waals surface area contributed by atoms with Gasteiger partial charge in [0.05, 0.1) is 17.7 Å². The SMILES string of the molecule is C=CCOc1ccc(C(=O)NNC(=O)c2ccccc2Cl)cc1OC. The molecule has 0 aliphatic heterocycles. The van der Waals surface area contributed by atoms with Crippen molar-refractivity contribution in [1.29, 1.82) is 0 Å². The number of rotatable bonds is 6. The normalized spacial score (nSPS) is 9.84. The molecule has 0 saturated carbocycles. The number of carbonyl (C=O) groups excluding carboxylic acids is 2. The summed E-state index contributed by atoms with van der Waals surface area (Å²) in [4.78, 5) is 24.2. The van der Waals surface area contributed by atoms with Gasteiger partial charge in [-0.3, -0.25) is 20.4 Å². The summed E-state index contributed by atoms with van der Waals surface area (Å²) in [6.45, 7) is 3.88. The van der Waals surface area contributed by atoms with Gasteiger partial charge in [-0.2, -0.15) is 0 Å². The lowest BCUT2D eigenvalue weighted by Gasteiger charge is -2.12. The van der Waals surface area contributed by atoms with Gasteiger partial charge in [-0.25, -0.2) is 0 Å².